The van der Waals surface area contributed by atoms with Gasteiger partial charge in [-0.3, -0.25) is 14.5 Å². The van der Waals surface area contributed by atoms with Gasteiger partial charge in [-0.1, -0.05) is 0 Å². The van der Waals surface area contributed by atoms with Crippen molar-refractivity contribution in [3.63, 3.8) is 0 Å². The van der Waals surface area contributed by atoms with Crippen molar-refractivity contribution < 1.29 is 33.1 Å². The van der Waals surface area contributed by atoms with Gasteiger partial charge in [0.15, 0.2) is 17.6 Å². The van der Waals surface area contributed by atoms with Crippen LogP contribution in [-0.4, -0.2) is 64.2 Å². The Kier molecular flexibility index (Phi) is 4.23. The van der Waals surface area contributed by atoms with Gasteiger partial charge in [0, 0.05) is 25.9 Å². The monoisotopic (exact) mass is 374 g/mol. The van der Waals surface area contributed by atoms with E-state index >= 15 is 0 Å². The lowest BCUT2D eigenvalue weighted by molar-refractivity contribution is -0.143. The van der Waals surface area contributed by atoms with Gasteiger partial charge in [0.2, 0.25) is 0 Å². The largest absolute Gasteiger partial charge is 0.480 e. The van der Waals surface area contributed by atoms with Crippen molar-refractivity contribution in [1.29, 1.82) is 0 Å². The molecule has 9 nitrogen and oxygen atoms in total. The Morgan fingerprint density at radius 3 is 2.11 bits per heavy atom. The number of carboxylic acid groups (broad SMARTS) is 1. The number of likely N-dealkylation sites (tertiary alicyclic amines) is 1. The highest BCUT2D eigenvalue weighted by molar-refractivity contribution is 5.95. The standard InChI is InChI=1S/C18H18N2O7/c21-15(13-3-1-9-25-13)19-7-5-18(6-8-19)20(12(11-27-18)17(23)24)16(22)14-4-2-10-26-14/h1-4,9-10,12H,5-8,11H2,(H,23,24). The van der Waals surface area contributed by atoms with Crippen LogP contribution < -0.4 is 0 Å². The highest BCUT2D eigenvalue weighted by Crippen LogP contribution is 2.38. The number of ether oxygens (including phenoxy) is 1. The van der Waals surface area contributed by atoms with Crippen molar-refractivity contribution in [3.05, 3.63) is 48.3 Å². The number of amides is 2. The zero-order valence-electron chi connectivity index (χ0n) is 14.4. The van der Waals surface area contributed by atoms with E-state index < -0.39 is 23.6 Å². The summed E-state index contributed by atoms with van der Waals surface area (Å²) in [6, 6.07) is 5.18. The highest BCUT2D eigenvalue weighted by Gasteiger charge is 2.55. The molecule has 2 aliphatic heterocycles. The average Bonchev–Trinajstić information content (AvgIpc) is 3.42. The molecule has 0 saturated carbocycles. The van der Waals surface area contributed by atoms with Crippen LogP contribution in [0, 0.1) is 0 Å². The number of aliphatic carboxylic acids is 1. The molecule has 4 rings (SSSR count). The summed E-state index contributed by atoms with van der Waals surface area (Å²) in [4.78, 5) is 39.9. The van der Waals surface area contributed by atoms with Crippen molar-refractivity contribution in [2.45, 2.75) is 24.6 Å². The molecule has 1 atom stereocenters. The first-order chi connectivity index (χ1) is 13.0. The molecule has 2 fully saturated rings. The third kappa shape index (κ3) is 2.89. The molecular formula is C18H18N2O7. The molecular weight excluding hydrogens is 356 g/mol. The molecule has 0 radical (unpaired) electrons. The van der Waals surface area contributed by atoms with Crippen molar-refractivity contribution in [2.75, 3.05) is 19.7 Å². The SMILES string of the molecule is O=C(O)C1COC2(CCN(C(=O)c3ccco3)CC2)N1C(=O)c1ccco1. The van der Waals surface area contributed by atoms with E-state index in [1.807, 2.05) is 0 Å². The summed E-state index contributed by atoms with van der Waals surface area (Å²) in [6.45, 7) is 0.523. The van der Waals surface area contributed by atoms with Crippen LogP contribution in [0.5, 0.6) is 0 Å². The van der Waals surface area contributed by atoms with Gasteiger partial charge in [0.25, 0.3) is 11.8 Å². The molecule has 1 N–H and O–H groups in total. The Morgan fingerprint density at radius 1 is 1.00 bits per heavy atom. The van der Waals surface area contributed by atoms with Gasteiger partial charge in [-0.05, 0) is 24.3 Å². The van der Waals surface area contributed by atoms with Gasteiger partial charge in [-0.25, -0.2) is 4.79 Å². The summed E-state index contributed by atoms with van der Waals surface area (Å²) >= 11 is 0. The van der Waals surface area contributed by atoms with E-state index in [4.69, 9.17) is 13.6 Å². The van der Waals surface area contributed by atoms with Gasteiger partial charge < -0.3 is 23.6 Å². The number of hydrogen-bond donors (Lipinski definition) is 1. The first-order valence-electron chi connectivity index (χ1n) is 8.58. The number of carbonyl (C=O) groups excluding carboxylic acids is 2. The van der Waals surface area contributed by atoms with E-state index in [9.17, 15) is 19.5 Å². The van der Waals surface area contributed by atoms with Crippen molar-refractivity contribution in [3.8, 4) is 0 Å². The van der Waals surface area contributed by atoms with Crippen LogP contribution in [0.1, 0.15) is 34.0 Å². The molecule has 1 unspecified atom stereocenters. The van der Waals surface area contributed by atoms with Crippen molar-refractivity contribution >= 4 is 17.8 Å². The predicted molar refractivity (Wildman–Crippen MR) is 88.8 cm³/mol. The zero-order valence-corrected chi connectivity index (χ0v) is 14.4. The number of carboxylic acids is 1. The average molecular weight is 374 g/mol. The third-order valence-corrected chi connectivity index (χ3v) is 5.06. The molecule has 2 saturated heterocycles. The smallest absolute Gasteiger partial charge is 0.328 e. The fourth-order valence-electron chi connectivity index (χ4n) is 3.69. The minimum Gasteiger partial charge on any atom is -0.480 e. The molecule has 0 bridgehead atoms. The minimum absolute atomic E-state index is 0.0558. The zero-order chi connectivity index (χ0) is 19.0. The van der Waals surface area contributed by atoms with Gasteiger partial charge in [0.1, 0.15) is 5.72 Å². The van der Waals surface area contributed by atoms with Crippen LogP contribution in [-0.2, 0) is 9.53 Å². The van der Waals surface area contributed by atoms with E-state index in [-0.39, 0.29) is 24.0 Å². The lowest BCUT2D eigenvalue weighted by Crippen LogP contribution is -2.58. The van der Waals surface area contributed by atoms with Gasteiger partial charge in [-0.15, -0.1) is 0 Å². The maximum atomic E-state index is 12.9. The molecule has 142 valence electrons. The Morgan fingerprint density at radius 2 is 1.59 bits per heavy atom. The van der Waals surface area contributed by atoms with Crippen LogP contribution in [0.15, 0.2) is 45.6 Å². The summed E-state index contributed by atoms with van der Waals surface area (Å²) in [5.74, 6) is -1.62. The second-order valence-corrected chi connectivity index (χ2v) is 6.53. The number of piperidine rings is 1. The Balaban J connectivity index is 1.55. The fraction of sp³-hybridized carbons (Fsp3) is 0.389. The molecule has 9 heteroatoms. The maximum absolute atomic E-state index is 12.9. The third-order valence-electron chi connectivity index (χ3n) is 5.06. The molecule has 2 aromatic rings. The fourth-order valence-corrected chi connectivity index (χ4v) is 3.69. The van der Waals surface area contributed by atoms with E-state index in [1.54, 1.807) is 23.1 Å². The Hall–Kier alpha value is -3.07. The topological polar surface area (TPSA) is 113 Å². The number of furan rings is 2. The Bertz CT molecular complexity index is 835. The molecule has 27 heavy (non-hydrogen) atoms. The van der Waals surface area contributed by atoms with E-state index in [0.29, 0.717) is 25.9 Å². The Labute approximate surface area is 154 Å². The molecule has 2 aromatic heterocycles. The van der Waals surface area contributed by atoms with Crippen LogP contribution in [0.25, 0.3) is 0 Å². The second kappa shape index (κ2) is 6.58. The van der Waals surface area contributed by atoms with Crippen LogP contribution in [0.3, 0.4) is 0 Å². The van der Waals surface area contributed by atoms with E-state index in [1.165, 1.54) is 23.5 Å². The highest BCUT2D eigenvalue weighted by atomic mass is 16.5. The molecule has 2 aliphatic rings. The first-order valence-corrected chi connectivity index (χ1v) is 8.58. The summed E-state index contributed by atoms with van der Waals surface area (Å²) in [6.07, 6.45) is 3.39. The first kappa shape index (κ1) is 17.3. The number of rotatable bonds is 3. The number of carbonyl (C=O) groups is 3. The quantitative estimate of drug-likeness (QED) is 0.864. The van der Waals surface area contributed by atoms with Gasteiger partial charge in [-0.2, -0.15) is 0 Å². The number of nitrogens with zero attached hydrogens (tertiary/aromatic N) is 2. The number of hydrogen-bond acceptors (Lipinski definition) is 6. The lowest BCUT2D eigenvalue weighted by Gasteiger charge is -2.43. The van der Waals surface area contributed by atoms with E-state index in [0.717, 1.165) is 0 Å². The van der Waals surface area contributed by atoms with Gasteiger partial charge in [0.05, 0.1) is 19.1 Å². The summed E-state index contributed by atoms with van der Waals surface area (Å²) in [5, 5.41) is 9.53. The second-order valence-electron chi connectivity index (χ2n) is 6.53. The maximum Gasteiger partial charge on any atom is 0.328 e. The lowest BCUT2D eigenvalue weighted by atomic mass is 9.97. The normalized spacial score (nSPS) is 21.6. The summed E-state index contributed by atoms with van der Waals surface area (Å²) < 4.78 is 16.1. The minimum atomic E-state index is -1.14. The molecule has 2 amide bonds. The van der Waals surface area contributed by atoms with Gasteiger partial charge >= 0.3 is 5.97 Å². The van der Waals surface area contributed by atoms with E-state index in [2.05, 4.69) is 0 Å². The molecule has 4 heterocycles. The molecule has 0 aliphatic carbocycles. The molecule has 0 aromatic carbocycles. The summed E-state index contributed by atoms with van der Waals surface area (Å²) in [5.41, 5.74) is -1.08. The van der Waals surface area contributed by atoms with Crippen molar-refractivity contribution in [2.24, 2.45) is 0 Å². The molecule has 1 spiro atoms. The van der Waals surface area contributed by atoms with Crippen LogP contribution >= 0.6 is 0 Å². The van der Waals surface area contributed by atoms with Crippen LogP contribution in [0.2, 0.25) is 0 Å². The van der Waals surface area contributed by atoms with Crippen LogP contribution in [0.4, 0.5) is 0 Å². The van der Waals surface area contributed by atoms with Crippen molar-refractivity contribution in [1.82, 2.24) is 9.80 Å². The predicted octanol–water partition coefficient (Wildman–Crippen LogP) is 1.43. The summed E-state index contributed by atoms with van der Waals surface area (Å²) in [7, 11) is 0.